The van der Waals surface area contributed by atoms with Crippen molar-refractivity contribution in [2.24, 2.45) is 0 Å². The first-order chi connectivity index (χ1) is 7.10. The second-order valence-corrected chi connectivity index (χ2v) is 3.28. The largest absolute Gasteiger partial charge is 0.497 e. The van der Waals surface area contributed by atoms with E-state index in [0.717, 1.165) is 0 Å². The van der Waals surface area contributed by atoms with Gasteiger partial charge in [0.2, 0.25) is 0 Å². The highest BCUT2D eigenvalue weighted by atomic mass is 19.1. The van der Waals surface area contributed by atoms with Gasteiger partial charge in [-0.25, -0.2) is 8.78 Å². The van der Waals surface area contributed by atoms with Crippen molar-refractivity contribution in [3.05, 3.63) is 29.3 Å². The molecule has 0 bridgehead atoms. The lowest BCUT2D eigenvalue weighted by Gasteiger charge is -2.15. The number of ether oxygens (including phenoxy) is 1. The number of halogens is 2. The van der Waals surface area contributed by atoms with E-state index in [-0.39, 0.29) is 17.4 Å². The Labute approximate surface area is 88.3 Å². The Bertz CT molecular complexity index is 318. The Morgan fingerprint density at radius 2 is 1.87 bits per heavy atom. The highest BCUT2D eigenvalue weighted by Crippen LogP contribution is 2.25. The fourth-order valence-electron chi connectivity index (χ4n) is 1.50. The molecule has 0 aliphatic rings. The summed E-state index contributed by atoms with van der Waals surface area (Å²) in [7, 11) is 1.38. The van der Waals surface area contributed by atoms with Crippen LogP contribution in [0.3, 0.4) is 0 Å². The molecule has 1 rings (SSSR count). The Balaban J connectivity index is 3.07. The van der Waals surface area contributed by atoms with Gasteiger partial charge >= 0.3 is 0 Å². The topological polar surface area (TPSA) is 21.3 Å². The number of hydrogen-bond acceptors (Lipinski definition) is 2. The van der Waals surface area contributed by atoms with Crippen LogP contribution in [0, 0.1) is 11.6 Å². The van der Waals surface area contributed by atoms with Crippen molar-refractivity contribution in [1.82, 2.24) is 5.32 Å². The first-order valence-electron chi connectivity index (χ1n) is 4.86. The molecule has 1 aromatic carbocycles. The number of nitrogens with one attached hydrogen (secondary N) is 1. The van der Waals surface area contributed by atoms with Gasteiger partial charge in [-0.05, 0) is 13.5 Å². The maximum atomic E-state index is 13.5. The molecule has 0 saturated carbocycles. The predicted octanol–water partition coefficient (Wildman–Crippen LogP) is 2.64. The Hall–Kier alpha value is -1.16. The highest BCUT2D eigenvalue weighted by Gasteiger charge is 2.16. The molecule has 84 valence electrons. The van der Waals surface area contributed by atoms with Crippen molar-refractivity contribution in [3.63, 3.8) is 0 Å². The SMILES string of the molecule is CCNC(C)c1c(F)cc(OC)cc1F. The van der Waals surface area contributed by atoms with Crippen LogP contribution in [0.2, 0.25) is 0 Å². The second-order valence-electron chi connectivity index (χ2n) is 3.28. The fraction of sp³-hybridized carbons (Fsp3) is 0.455. The molecule has 0 saturated heterocycles. The normalized spacial score (nSPS) is 12.6. The molecule has 0 aliphatic carbocycles. The summed E-state index contributed by atoms with van der Waals surface area (Å²) in [6, 6.07) is 2.03. The van der Waals surface area contributed by atoms with E-state index >= 15 is 0 Å². The van der Waals surface area contributed by atoms with Crippen LogP contribution in [0.5, 0.6) is 5.75 Å². The average Bonchev–Trinajstić information content (AvgIpc) is 2.16. The fourth-order valence-corrected chi connectivity index (χ4v) is 1.50. The van der Waals surface area contributed by atoms with Gasteiger partial charge in [-0.3, -0.25) is 0 Å². The molecule has 0 radical (unpaired) electrons. The third-order valence-corrected chi connectivity index (χ3v) is 2.23. The lowest BCUT2D eigenvalue weighted by molar-refractivity contribution is 0.402. The first-order valence-corrected chi connectivity index (χ1v) is 4.86. The molecule has 2 nitrogen and oxygen atoms in total. The van der Waals surface area contributed by atoms with Crippen LogP contribution in [0.4, 0.5) is 8.78 Å². The summed E-state index contributed by atoms with van der Waals surface area (Å²) in [6.45, 7) is 4.26. The minimum absolute atomic E-state index is 0.0534. The van der Waals surface area contributed by atoms with Crippen LogP contribution in [0.1, 0.15) is 25.5 Å². The third-order valence-electron chi connectivity index (χ3n) is 2.23. The summed E-state index contributed by atoms with van der Waals surface area (Å²) in [5, 5.41) is 2.96. The minimum atomic E-state index is -0.583. The third kappa shape index (κ3) is 2.65. The van der Waals surface area contributed by atoms with Crippen molar-refractivity contribution in [3.8, 4) is 5.75 Å². The van der Waals surface area contributed by atoms with E-state index in [9.17, 15) is 8.78 Å². The van der Waals surface area contributed by atoms with E-state index < -0.39 is 11.6 Å². The molecule has 4 heteroatoms. The van der Waals surface area contributed by atoms with Crippen LogP contribution in [-0.2, 0) is 0 Å². The van der Waals surface area contributed by atoms with Gasteiger partial charge in [-0.15, -0.1) is 0 Å². The van der Waals surface area contributed by atoms with E-state index in [1.165, 1.54) is 19.2 Å². The number of rotatable bonds is 4. The summed E-state index contributed by atoms with van der Waals surface area (Å²) < 4.78 is 31.8. The zero-order chi connectivity index (χ0) is 11.4. The molecular weight excluding hydrogens is 200 g/mol. The summed E-state index contributed by atoms with van der Waals surface area (Å²) in [6.07, 6.45) is 0. The lowest BCUT2D eigenvalue weighted by Crippen LogP contribution is -2.20. The van der Waals surface area contributed by atoms with Gasteiger partial charge in [-0.1, -0.05) is 6.92 Å². The van der Waals surface area contributed by atoms with Gasteiger partial charge in [-0.2, -0.15) is 0 Å². The summed E-state index contributed by atoms with van der Waals surface area (Å²) in [5.41, 5.74) is 0.0534. The molecular formula is C11H15F2NO. The summed E-state index contributed by atoms with van der Waals surface area (Å²) >= 11 is 0. The van der Waals surface area contributed by atoms with E-state index in [0.29, 0.717) is 6.54 Å². The molecule has 0 amide bonds. The van der Waals surface area contributed by atoms with Gasteiger partial charge in [0, 0.05) is 23.7 Å². The molecule has 0 fully saturated rings. The standard InChI is InChI=1S/C11H15F2NO/c1-4-14-7(2)11-9(12)5-8(15-3)6-10(11)13/h5-7,14H,4H2,1-3H3. The molecule has 1 N–H and O–H groups in total. The molecule has 15 heavy (non-hydrogen) atoms. The van der Waals surface area contributed by atoms with Gasteiger partial charge in [0.15, 0.2) is 0 Å². The monoisotopic (exact) mass is 215 g/mol. The second kappa shape index (κ2) is 5.07. The molecule has 0 aliphatic heterocycles. The average molecular weight is 215 g/mol. The molecule has 1 aromatic rings. The molecule has 1 atom stereocenters. The van der Waals surface area contributed by atoms with Gasteiger partial charge < -0.3 is 10.1 Å². The van der Waals surface area contributed by atoms with Crippen molar-refractivity contribution in [2.75, 3.05) is 13.7 Å². The van der Waals surface area contributed by atoms with Gasteiger partial charge in [0.05, 0.1) is 7.11 Å². The molecule has 1 unspecified atom stereocenters. The van der Waals surface area contributed by atoms with E-state index in [4.69, 9.17) is 4.74 Å². The maximum absolute atomic E-state index is 13.5. The molecule has 0 heterocycles. The van der Waals surface area contributed by atoms with Gasteiger partial charge in [0.1, 0.15) is 17.4 Å². The van der Waals surface area contributed by atoms with Crippen molar-refractivity contribution in [1.29, 1.82) is 0 Å². The Morgan fingerprint density at radius 3 is 2.27 bits per heavy atom. The van der Waals surface area contributed by atoms with E-state index in [1.54, 1.807) is 6.92 Å². The molecule has 0 spiro atoms. The summed E-state index contributed by atoms with van der Waals surface area (Å²) in [5.74, 6) is -0.974. The molecule has 0 aromatic heterocycles. The Morgan fingerprint density at radius 1 is 1.33 bits per heavy atom. The van der Waals surface area contributed by atoms with Crippen LogP contribution >= 0.6 is 0 Å². The predicted molar refractivity (Wildman–Crippen MR) is 55.0 cm³/mol. The van der Waals surface area contributed by atoms with E-state index in [1.807, 2.05) is 6.92 Å². The van der Waals surface area contributed by atoms with E-state index in [2.05, 4.69) is 5.32 Å². The van der Waals surface area contributed by atoms with Crippen LogP contribution in [0.25, 0.3) is 0 Å². The van der Waals surface area contributed by atoms with Crippen molar-refractivity contribution < 1.29 is 13.5 Å². The van der Waals surface area contributed by atoms with Crippen molar-refractivity contribution >= 4 is 0 Å². The summed E-state index contributed by atoms with van der Waals surface area (Å²) in [4.78, 5) is 0. The van der Waals surface area contributed by atoms with Crippen LogP contribution < -0.4 is 10.1 Å². The Kier molecular flexibility index (Phi) is 4.03. The number of methoxy groups -OCH3 is 1. The zero-order valence-corrected chi connectivity index (χ0v) is 9.10. The highest BCUT2D eigenvalue weighted by molar-refractivity contribution is 5.32. The van der Waals surface area contributed by atoms with Crippen molar-refractivity contribution in [2.45, 2.75) is 19.9 Å². The maximum Gasteiger partial charge on any atom is 0.134 e. The van der Waals surface area contributed by atoms with Crippen LogP contribution in [-0.4, -0.2) is 13.7 Å². The van der Waals surface area contributed by atoms with Gasteiger partial charge in [0.25, 0.3) is 0 Å². The quantitative estimate of drug-likeness (QED) is 0.833. The number of hydrogen-bond donors (Lipinski definition) is 1. The smallest absolute Gasteiger partial charge is 0.134 e. The van der Waals surface area contributed by atoms with Crippen LogP contribution in [0.15, 0.2) is 12.1 Å². The zero-order valence-electron chi connectivity index (χ0n) is 9.10. The minimum Gasteiger partial charge on any atom is -0.497 e. The number of benzene rings is 1. The first kappa shape index (κ1) is 11.9. The lowest BCUT2D eigenvalue weighted by atomic mass is 10.1.